The summed E-state index contributed by atoms with van der Waals surface area (Å²) >= 11 is 5.29. The summed E-state index contributed by atoms with van der Waals surface area (Å²) in [4.78, 5) is 24.0. The number of terminal acetylenes is 1. The minimum absolute atomic E-state index is 0.0340. The molecular formula is C12H9BrINO3. The summed E-state index contributed by atoms with van der Waals surface area (Å²) in [5, 5.41) is 8.76. The highest BCUT2D eigenvalue weighted by atomic mass is 127. The topological polar surface area (TPSA) is 57.6 Å². The quantitative estimate of drug-likeness (QED) is 0.599. The van der Waals surface area contributed by atoms with Gasteiger partial charge < -0.3 is 10.0 Å². The van der Waals surface area contributed by atoms with E-state index in [4.69, 9.17) is 11.5 Å². The summed E-state index contributed by atoms with van der Waals surface area (Å²) in [5.41, 5.74) is 0.432. The number of hydrogen-bond acceptors (Lipinski definition) is 2. The number of carboxylic acid groups (broad SMARTS) is 1. The lowest BCUT2D eigenvalue weighted by Gasteiger charge is -2.18. The van der Waals surface area contributed by atoms with Gasteiger partial charge in [0.15, 0.2) is 0 Å². The Morgan fingerprint density at radius 2 is 2.17 bits per heavy atom. The second-order valence-electron chi connectivity index (χ2n) is 3.38. The van der Waals surface area contributed by atoms with Crippen LogP contribution in [0, 0.1) is 15.9 Å². The van der Waals surface area contributed by atoms with E-state index < -0.39 is 12.5 Å². The molecule has 0 saturated carbocycles. The number of hydrogen-bond donors (Lipinski definition) is 1. The zero-order valence-corrected chi connectivity index (χ0v) is 12.9. The zero-order chi connectivity index (χ0) is 13.7. The van der Waals surface area contributed by atoms with E-state index in [0.29, 0.717) is 5.56 Å². The molecular weight excluding hydrogens is 413 g/mol. The number of aliphatic carboxylic acids is 1. The molecule has 4 nitrogen and oxygen atoms in total. The lowest BCUT2D eigenvalue weighted by molar-refractivity contribution is -0.137. The van der Waals surface area contributed by atoms with Crippen molar-refractivity contribution in [2.75, 3.05) is 13.1 Å². The van der Waals surface area contributed by atoms with Crippen molar-refractivity contribution >= 4 is 50.4 Å². The summed E-state index contributed by atoms with van der Waals surface area (Å²) in [6.45, 7) is -0.445. The molecule has 1 amide bonds. The first-order valence-electron chi connectivity index (χ1n) is 4.85. The fourth-order valence-corrected chi connectivity index (χ4v) is 2.23. The van der Waals surface area contributed by atoms with Crippen LogP contribution in [0.4, 0.5) is 0 Å². The maximum absolute atomic E-state index is 12.2. The molecule has 0 bridgehead atoms. The van der Waals surface area contributed by atoms with Crippen molar-refractivity contribution in [2.24, 2.45) is 0 Å². The molecule has 0 aromatic heterocycles. The fraction of sp³-hybridized carbons (Fsp3) is 0.167. The van der Waals surface area contributed by atoms with Gasteiger partial charge in [-0.2, -0.15) is 0 Å². The summed E-state index contributed by atoms with van der Waals surface area (Å²) in [7, 11) is 0. The predicted octanol–water partition coefficient (Wildman–Crippen LogP) is 2.21. The highest BCUT2D eigenvalue weighted by Crippen LogP contribution is 2.20. The molecule has 0 spiro atoms. The molecule has 6 heteroatoms. The molecule has 1 aromatic rings. The molecule has 0 unspecified atom stereocenters. The van der Waals surface area contributed by atoms with Gasteiger partial charge in [0.25, 0.3) is 5.91 Å². The van der Waals surface area contributed by atoms with Gasteiger partial charge in [-0.3, -0.25) is 9.59 Å². The number of carboxylic acids is 1. The third kappa shape index (κ3) is 3.99. The van der Waals surface area contributed by atoms with Crippen LogP contribution in [-0.2, 0) is 4.79 Å². The van der Waals surface area contributed by atoms with Crippen molar-refractivity contribution in [2.45, 2.75) is 0 Å². The van der Waals surface area contributed by atoms with Crippen LogP contribution in [0.3, 0.4) is 0 Å². The summed E-state index contributed by atoms with van der Waals surface area (Å²) in [5.74, 6) is 0.804. The molecule has 0 heterocycles. The average Bonchev–Trinajstić information content (AvgIpc) is 2.30. The lowest BCUT2D eigenvalue weighted by atomic mass is 10.2. The van der Waals surface area contributed by atoms with Gasteiger partial charge in [0, 0.05) is 8.04 Å². The first-order chi connectivity index (χ1) is 8.45. The van der Waals surface area contributed by atoms with Crippen molar-refractivity contribution in [3.8, 4) is 12.3 Å². The number of nitrogens with zero attached hydrogens (tertiary/aromatic N) is 1. The molecule has 1 rings (SSSR count). The van der Waals surface area contributed by atoms with E-state index in [-0.39, 0.29) is 12.5 Å². The Kier molecular flexibility index (Phi) is 5.62. The fourth-order valence-electron chi connectivity index (χ4n) is 1.30. The van der Waals surface area contributed by atoms with E-state index in [1.54, 1.807) is 18.2 Å². The second-order valence-corrected chi connectivity index (χ2v) is 5.46. The van der Waals surface area contributed by atoms with Crippen molar-refractivity contribution in [1.82, 2.24) is 4.90 Å². The Bertz CT molecular complexity index is 525. The van der Waals surface area contributed by atoms with Gasteiger partial charge >= 0.3 is 5.97 Å². The van der Waals surface area contributed by atoms with Crippen molar-refractivity contribution in [3.05, 3.63) is 31.8 Å². The van der Waals surface area contributed by atoms with E-state index >= 15 is 0 Å². The Labute approximate surface area is 127 Å². The van der Waals surface area contributed by atoms with Crippen LogP contribution in [-0.4, -0.2) is 35.0 Å². The number of carbonyl (C=O) groups excluding carboxylic acids is 1. The van der Waals surface area contributed by atoms with Crippen LogP contribution in [0.2, 0.25) is 0 Å². The van der Waals surface area contributed by atoms with E-state index in [1.165, 1.54) is 0 Å². The van der Waals surface area contributed by atoms with Gasteiger partial charge in [0.1, 0.15) is 6.54 Å². The summed E-state index contributed by atoms with van der Waals surface area (Å²) in [6, 6.07) is 5.23. The van der Waals surface area contributed by atoms with E-state index in [9.17, 15) is 9.59 Å². The van der Waals surface area contributed by atoms with Crippen LogP contribution in [0.25, 0.3) is 0 Å². The number of halogens is 2. The van der Waals surface area contributed by atoms with Gasteiger partial charge in [0.2, 0.25) is 0 Å². The first-order valence-corrected chi connectivity index (χ1v) is 6.72. The monoisotopic (exact) mass is 421 g/mol. The Morgan fingerprint density at radius 3 is 2.72 bits per heavy atom. The standard InChI is InChI=1S/C12H9BrINO3/c1-2-5-15(7-11(16)17)12(18)9-6-8(13)3-4-10(9)14/h1,3-4,6H,5,7H2,(H,16,17). The van der Waals surface area contributed by atoms with Crippen molar-refractivity contribution < 1.29 is 14.7 Å². The number of amides is 1. The molecule has 0 radical (unpaired) electrons. The average molecular weight is 422 g/mol. The number of rotatable bonds is 4. The molecule has 94 valence electrons. The molecule has 0 aliphatic rings. The Hall–Kier alpha value is -1.07. The molecule has 0 aliphatic carbocycles. The lowest BCUT2D eigenvalue weighted by Crippen LogP contribution is -2.36. The smallest absolute Gasteiger partial charge is 0.323 e. The summed E-state index contributed by atoms with van der Waals surface area (Å²) in [6.07, 6.45) is 5.14. The predicted molar refractivity (Wildman–Crippen MR) is 79.2 cm³/mol. The Morgan fingerprint density at radius 1 is 1.50 bits per heavy atom. The van der Waals surface area contributed by atoms with Gasteiger partial charge in [0.05, 0.1) is 12.1 Å². The third-order valence-corrected chi connectivity index (χ3v) is 3.49. The minimum Gasteiger partial charge on any atom is -0.480 e. The van der Waals surface area contributed by atoms with Crippen LogP contribution in [0.5, 0.6) is 0 Å². The largest absolute Gasteiger partial charge is 0.480 e. The van der Waals surface area contributed by atoms with Crippen LogP contribution < -0.4 is 0 Å². The number of carbonyl (C=O) groups is 2. The number of benzene rings is 1. The Balaban J connectivity index is 3.05. The molecule has 0 atom stereocenters. The SMILES string of the molecule is C#CCN(CC(=O)O)C(=O)c1cc(Br)ccc1I. The summed E-state index contributed by atoms with van der Waals surface area (Å²) < 4.78 is 1.50. The maximum Gasteiger partial charge on any atom is 0.323 e. The maximum atomic E-state index is 12.2. The van der Waals surface area contributed by atoms with Crippen molar-refractivity contribution in [3.63, 3.8) is 0 Å². The van der Waals surface area contributed by atoms with E-state index in [0.717, 1.165) is 12.9 Å². The highest BCUT2D eigenvalue weighted by Gasteiger charge is 2.19. The van der Waals surface area contributed by atoms with Gasteiger partial charge in [-0.05, 0) is 40.8 Å². The highest BCUT2D eigenvalue weighted by molar-refractivity contribution is 14.1. The molecule has 1 N–H and O–H groups in total. The van der Waals surface area contributed by atoms with Crippen LogP contribution >= 0.6 is 38.5 Å². The minimum atomic E-state index is -1.09. The van der Waals surface area contributed by atoms with Gasteiger partial charge in [-0.1, -0.05) is 21.9 Å². The molecule has 18 heavy (non-hydrogen) atoms. The van der Waals surface area contributed by atoms with Crippen LogP contribution in [0.15, 0.2) is 22.7 Å². The van der Waals surface area contributed by atoms with Gasteiger partial charge in [-0.25, -0.2) is 0 Å². The molecule has 0 aliphatic heterocycles. The van der Waals surface area contributed by atoms with Gasteiger partial charge in [-0.15, -0.1) is 6.42 Å². The van der Waals surface area contributed by atoms with Crippen LogP contribution in [0.1, 0.15) is 10.4 Å². The molecule has 0 fully saturated rings. The normalized spacial score (nSPS) is 9.61. The zero-order valence-electron chi connectivity index (χ0n) is 9.19. The van der Waals surface area contributed by atoms with E-state index in [1.807, 2.05) is 22.6 Å². The molecule has 1 aromatic carbocycles. The first kappa shape index (κ1) is 15.0. The second kappa shape index (κ2) is 6.75. The third-order valence-electron chi connectivity index (χ3n) is 2.05. The van der Waals surface area contributed by atoms with Crippen molar-refractivity contribution in [1.29, 1.82) is 0 Å². The van der Waals surface area contributed by atoms with E-state index in [2.05, 4.69) is 21.9 Å². The molecule has 0 saturated heterocycles.